The zero-order valence-electron chi connectivity index (χ0n) is 17.3. The molecular formula is C22H27N5OS. The second kappa shape index (κ2) is 9.69. The van der Waals surface area contributed by atoms with Gasteiger partial charge in [-0.05, 0) is 68.2 Å². The molecule has 6 nitrogen and oxygen atoms in total. The minimum absolute atomic E-state index is 0.00857. The van der Waals surface area contributed by atoms with Crippen molar-refractivity contribution in [1.82, 2.24) is 25.5 Å². The summed E-state index contributed by atoms with van der Waals surface area (Å²) in [7, 11) is 0. The van der Waals surface area contributed by atoms with E-state index in [4.69, 9.17) is 0 Å². The van der Waals surface area contributed by atoms with Crippen LogP contribution in [0.1, 0.15) is 37.0 Å². The number of thioether (sulfide) groups is 1. The normalized spacial score (nSPS) is 13.1. The van der Waals surface area contributed by atoms with Crippen LogP contribution < -0.4 is 5.32 Å². The highest BCUT2D eigenvalue weighted by Crippen LogP contribution is 2.25. The molecule has 7 heteroatoms. The van der Waals surface area contributed by atoms with Gasteiger partial charge in [-0.25, -0.2) is 0 Å². The van der Waals surface area contributed by atoms with Crippen molar-refractivity contribution in [1.29, 1.82) is 0 Å². The Balaban J connectivity index is 1.58. The highest BCUT2D eigenvalue weighted by molar-refractivity contribution is 8.00. The fourth-order valence-corrected chi connectivity index (χ4v) is 3.93. The van der Waals surface area contributed by atoms with Gasteiger partial charge in [0, 0.05) is 6.04 Å². The predicted octanol–water partition coefficient (Wildman–Crippen LogP) is 3.90. The molecule has 3 rings (SSSR count). The van der Waals surface area contributed by atoms with E-state index in [0.717, 1.165) is 24.1 Å². The number of carbonyl (C=O) groups is 1. The molecule has 0 saturated carbocycles. The van der Waals surface area contributed by atoms with Gasteiger partial charge in [0.25, 0.3) is 0 Å². The maximum Gasteiger partial charge on any atom is 0.233 e. The van der Waals surface area contributed by atoms with E-state index in [1.807, 2.05) is 51.1 Å². The lowest BCUT2D eigenvalue weighted by Crippen LogP contribution is -2.38. The Hall–Kier alpha value is -2.67. The summed E-state index contributed by atoms with van der Waals surface area (Å²) in [6.07, 6.45) is 1.84. The molecule has 152 valence electrons. The summed E-state index contributed by atoms with van der Waals surface area (Å²) in [4.78, 5) is 12.6. The number of aryl methyl sites for hydroxylation is 3. The van der Waals surface area contributed by atoms with Crippen LogP contribution in [0.15, 0.2) is 53.7 Å². The third-order valence-electron chi connectivity index (χ3n) is 4.77. The molecule has 29 heavy (non-hydrogen) atoms. The Bertz CT molecular complexity index is 957. The fraction of sp³-hybridized carbons (Fsp3) is 0.364. The van der Waals surface area contributed by atoms with E-state index in [0.29, 0.717) is 5.16 Å². The molecule has 0 fully saturated rings. The van der Waals surface area contributed by atoms with E-state index >= 15 is 0 Å². The summed E-state index contributed by atoms with van der Waals surface area (Å²) < 4.78 is 1.70. The van der Waals surface area contributed by atoms with Crippen LogP contribution in [-0.4, -0.2) is 37.4 Å². The van der Waals surface area contributed by atoms with E-state index in [1.165, 1.54) is 22.9 Å². The van der Waals surface area contributed by atoms with E-state index in [9.17, 15) is 4.79 Å². The quantitative estimate of drug-likeness (QED) is 0.571. The zero-order valence-corrected chi connectivity index (χ0v) is 18.1. The topological polar surface area (TPSA) is 72.7 Å². The Labute approximate surface area is 176 Å². The number of carbonyl (C=O) groups excluding carboxylic acids is 1. The van der Waals surface area contributed by atoms with Crippen molar-refractivity contribution in [2.75, 3.05) is 0 Å². The first-order valence-corrected chi connectivity index (χ1v) is 10.7. The molecule has 2 aromatic carbocycles. The first-order valence-electron chi connectivity index (χ1n) is 9.81. The Morgan fingerprint density at radius 3 is 2.62 bits per heavy atom. The number of hydrogen-bond donors (Lipinski definition) is 1. The predicted molar refractivity (Wildman–Crippen MR) is 116 cm³/mol. The third kappa shape index (κ3) is 5.67. The van der Waals surface area contributed by atoms with E-state index in [1.54, 1.807) is 4.68 Å². The van der Waals surface area contributed by atoms with Gasteiger partial charge in [0.2, 0.25) is 11.1 Å². The van der Waals surface area contributed by atoms with Crippen molar-refractivity contribution >= 4 is 17.7 Å². The second-order valence-electron chi connectivity index (χ2n) is 7.36. The number of nitrogens with zero attached hydrogens (tertiary/aromatic N) is 4. The van der Waals surface area contributed by atoms with Crippen LogP contribution in [0.25, 0.3) is 5.69 Å². The largest absolute Gasteiger partial charge is 0.353 e. The first-order chi connectivity index (χ1) is 13.9. The van der Waals surface area contributed by atoms with Crippen LogP contribution in [0, 0.1) is 13.8 Å². The minimum Gasteiger partial charge on any atom is -0.353 e. The van der Waals surface area contributed by atoms with Gasteiger partial charge in [0.1, 0.15) is 0 Å². The molecule has 1 amide bonds. The minimum atomic E-state index is -0.301. The molecule has 0 aliphatic rings. The number of hydrogen-bond acceptors (Lipinski definition) is 5. The molecule has 3 aromatic rings. The number of rotatable bonds is 8. The smallest absolute Gasteiger partial charge is 0.233 e. The van der Waals surface area contributed by atoms with Crippen molar-refractivity contribution in [3.05, 3.63) is 65.2 Å². The summed E-state index contributed by atoms with van der Waals surface area (Å²) in [5.41, 5.74) is 4.48. The Morgan fingerprint density at radius 1 is 1.14 bits per heavy atom. The Kier molecular flexibility index (Phi) is 7.04. The van der Waals surface area contributed by atoms with Crippen LogP contribution >= 0.6 is 11.8 Å². The lowest BCUT2D eigenvalue weighted by molar-refractivity contribution is -0.120. The lowest BCUT2D eigenvalue weighted by atomic mass is 10.1. The lowest BCUT2D eigenvalue weighted by Gasteiger charge is -2.17. The maximum absolute atomic E-state index is 12.6. The molecule has 1 N–H and O–H groups in total. The SMILES string of the molecule is Cc1ccc(-n2nnnc2S[C@H](C)C(=O)N[C@@H](C)CCc2ccccc2)c(C)c1. The van der Waals surface area contributed by atoms with E-state index in [-0.39, 0.29) is 17.2 Å². The molecular weight excluding hydrogens is 382 g/mol. The third-order valence-corrected chi connectivity index (χ3v) is 5.80. The zero-order chi connectivity index (χ0) is 20.8. The number of benzene rings is 2. The molecule has 0 aliphatic carbocycles. The maximum atomic E-state index is 12.6. The average molecular weight is 410 g/mol. The van der Waals surface area contributed by atoms with E-state index < -0.39 is 0 Å². The Morgan fingerprint density at radius 2 is 1.90 bits per heavy atom. The van der Waals surface area contributed by atoms with Crippen LogP contribution in [0.2, 0.25) is 0 Å². The van der Waals surface area contributed by atoms with Gasteiger partial charge in [0.15, 0.2) is 0 Å². The summed E-state index contributed by atoms with van der Waals surface area (Å²) >= 11 is 1.36. The van der Waals surface area contributed by atoms with Crippen molar-refractivity contribution in [3.8, 4) is 5.69 Å². The number of amides is 1. The molecule has 0 aliphatic heterocycles. The molecule has 2 atom stereocenters. The first kappa shape index (κ1) is 21.0. The summed E-state index contributed by atoms with van der Waals surface area (Å²) in [6.45, 7) is 8.00. The molecule has 0 bridgehead atoms. The average Bonchev–Trinajstić information content (AvgIpc) is 3.15. The van der Waals surface area contributed by atoms with Gasteiger partial charge in [-0.1, -0.05) is 59.8 Å². The highest BCUT2D eigenvalue weighted by Gasteiger charge is 2.21. The molecule has 1 aromatic heterocycles. The van der Waals surface area contributed by atoms with Gasteiger partial charge in [0.05, 0.1) is 10.9 Å². The second-order valence-corrected chi connectivity index (χ2v) is 8.67. The number of aromatic nitrogens is 4. The van der Waals surface area contributed by atoms with Gasteiger partial charge >= 0.3 is 0 Å². The van der Waals surface area contributed by atoms with Crippen LogP contribution in [0.3, 0.4) is 0 Å². The summed E-state index contributed by atoms with van der Waals surface area (Å²) in [5, 5.41) is 15.5. The molecule has 0 unspecified atom stereocenters. The van der Waals surface area contributed by atoms with Crippen LogP contribution in [0.4, 0.5) is 0 Å². The summed E-state index contributed by atoms with van der Waals surface area (Å²) in [5.74, 6) is -0.00857. The van der Waals surface area contributed by atoms with Crippen LogP contribution in [-0.2, 0) is 11.2 Å². The van der Waals surface area contributed by atoms with Gasteiger partial charge in [-0.15, -0.1) is 5.10 Å². The van der Waals surface area contributed by atoms with Crippen molar-refractivity contribution in [2.45, 2.75) is 57.0 Å². The monoisotopic (exact) mass is 409 g/mol. The van der Waals surface area contributed by atoms with Crippen molar-refractivity contribution < 1.29 is 4.79 Å². The molecule has 1 heterocycles. The van der Waals surface area contributed by atoms with Crippen molar-refractivity contribution in [3.63, 3.8) is 0 Å². The van der Waals surface area contributed by atoms with Crippen molar-refractivity contribution in [2.24, 2.45) is 0 Å². The molecule has 0 spiro atoms. The fourth-order valence-electron chi connectivity index (χ4n) is 3.12. The van der Waals surface area contributed by atoms with Crippen LogP contribution in [0.5, 0.6) is 0 Å². The standard InChI is InChI=1S/C22H27N5OS/c1-15-10-13-20(16(2)14-15)27-22(24-25-26-27)29-18(4)21(28)23-17(3)11-12-19-8-6-5-7-9-19/h5-10,13-14,17-18H,11-12H2,1-4H3,(H,23,28)/t17-,18+/m0/s1. The van der Waals surface area contributed by atoms with Gasteiger partial charge in [-0.2, -0.15) is 4.68 Å². The molecule has 0 radical (unpaired) electrons. The molecule has 0 saturated heterocycles. The van der Waals surface area contributed by atoms with Gasteiger partial charge < -0.3 is 5.32 Å². The van der Waals surface area contributed by atoms with Gasteiger partial charge in [-0.3, -0.25) is 4.79 Å². The number of tetrazole rings is 1. The van der Waals surface area contributed by atoms with E-state index in [2.05, 4.69) is 46.0 Å². The number of nitrogens with one attached hydrogen (secondary N) is 1. The highest BCUT2D eigenvalue weighted by atomic mass is 32.2. The summed E-state index contributed by atoms with van der Waals surface area (Å²) in [6, 6.07) is 16.5.